The number of nitrogens with zero attached hydrogens (tertiary/aromatic N) is 3. The minimum Gasteiger partial charge on any atom is -0.441 e. The molecule has 176 valence electrons. The highest BCUT2D eigenvalue weighted by Gasteiger charge is 2.47. The molecule has 3 fully saturated rings. The Morgan fingerprint density at radius 2 is 1.91 bits per heavy atom. The number of aromatic nitrogens is 1. The maximum absolute atomic E-state index is 16.1. The van der Waals surface area contributed by atoms with E-state index in [-0.39, 0.29) is 36.9 Å². The first-order chi connectivity index (χ1) is 15.5. The summed E-state index contributed by atoms with van der Waals surface area (Å²) in [7, 11) is 1.53. The number of methoxy groups -OCH3 is 1. The lowest BCUT2D eigenvalue weighted by molar-refractivity contribution is -0.0950. The van der Waals surface area contributed by atoms with Gasteiger partial charge in [0.05, 0.1) is 50.2 Å². The highest BCUT2D eigenvalue weighted by Crippen LogP contribution is 2.44. The zero-order valence-corrected chi connectivity index (χ0v) is 18.4. The maximum Gasteiger partial charge on any atom is 0.416 e. The van der Waals surface area contributed by atoms with Gasteiger partial charge in [0, 0.05) is 25.8 Å². The minimum atomic E-state index is -1.51. The van der Waals surface area contributed by atoms with Gasteiger partial charge in [-0.15, -0.1) is 0 Å². The Labute approximate surface area is 185 Å². The van der Waals surface area contributed by atoms with Crippen LogP contribution in [-0.2, 0) is 23.7 Å². The number of ether oxygens (including phenoxy) is 5. The third-order valence-electron chi connectivity index (χ3n) is 6.13. The van der Waals surface area contributed by atoms with E-state index in [2.05, 4.69) is 5.16 Å². The number of hydrogen-bond donors (Lipinski definition) is 0. The maximum atomic E-state index is 16.1. The van der Waals surface area contributed by atoms with E-state index in [1.165, 1.54) is 12.0 Å². The van der Waals surface area contributed by atoms with E-state index in [1.54, 1.807) is 6.08 Å². The van der Waals surface area contributed by atoms with Crippen molar-refractivity contribution in [1.82, 2.24) is 10.1 Å². The second-order valence-corrected chi connectivity index (χ2v) is 8.63. The van der Waals surface area contributed by atoms with E-state index in [9.17, 15) is 4.79 Å². The monoisotopic (exact) mass is 453 g/mol. The predicted octanol–water partition coefficient (Wildman–Crippen LogP) is 1.90. The molecule has 1 aliphatic carbocycles. The number of hydrogen-bond acceptors (Lipinski definition) is 9. The number of alkyl halides is 1. The summed E-state index contributed by atoms with van der Waals surface area (Å²) in [5.41, 5.74) is 1.06. The van der Waals surface area contributed by atoms with Crippen molar-refractivity contribution >= 4 is 18.0 Å². The van der Waals surface area contributed by atoms with Crippen LogP contribution in [-0.4, -0.2) is 93.4 Å². The van der Waals surface area contributed by atoms with Gasteiger partial charge < -0.3 is 28.2 Å². The van der Waals surface area contributed by atoms with Crippen molar-refractivity contribution in [2.45, 2.75) is 50.7 Å². The largest absolute Gasteiger partial charge is 0.441 e. The Kier molecular flexibility index (Phi) is 5.93. The molecule has 5 atom stereocenters. The van der Waals surface area contributed by atoms with E-state index in [1.807, 2.05) is 18.7 Å². The fourth-order valence-corrected chi connectivity index (χ4v) is 4.96. The van der Waals surface area contributed by atoms with Crippen molar-refractivity contribution in [1.29, 1.82) is 0 Å². The van der Waals surface area contributed by atoms with Crippen molar-refractivity contribution in [2.75, 3.05) is 51.5 Å². The van der Waals surface area contributed by atoms with Crippen molar-refractivity contribution in [2.24, 2.45) is 0 Å². The standard InChI is InChI=1S/C21H28FN3O7/c1-11-7-24(8-12(2)30-11)17-14(20-28-4-5-29-20)6-15-18(16(17)22)32-23-19(15)25-9-13(10-27-3)31-21(25)26/h6,11-13,16-17,20H,4-5,7-10H2,1-3H3. The number of halogens is 1. The van der Waals surface area contributed by atoms with Crippen LogP contribution < -0.4 is 4.90 Å². The molecule has 3 aliphatic heterocycles. The molecule has 0 saturated carbocycles. The first-order valence-corrected chi connectivity index (χ1v) is 10.9. The molecule has 0 spiro atoms. The average molecular weight is 453 g/mol. The number of fused-ring (bicyclic) bond motifs is 1. The number of morpholine rings is 1. The average Bonchev–Trinajstić information content (AvgIpc) is 3.47. The molecule has 5 unspecified atom stereocenters. The van der Waals surface area contributed by atoms with Crippen LogP contribution in [0.15, 0.2) is 10.1 Å². The Hall–Kier alpha value is -2.05. The highest BCUT2D eigenvalue weighted by atomic mass is 19.1. The molecule has 1 aromatic rings. The minimum absolute atomic E-state index is 0.0404. The van der Waals surface area contributed by atoms with Gasteiger partial charge in [-0.05, 0) is 19.9 Å². The third kappa shape index (κ3) is 3.81. The van der Waals surface area contributed by atoms with E-state index >= 15 is 4.39 Å². The summed E-state index contributed by atoms with van der Waals surface area (Å²) in [5, 5.41) is 4.05. The molecule has 0 radical (unpaired) electrons. The van der Waals surface area contributed by atoms with Gasteiger partial charge in [-0.2, -0.15) is 0 Å². The predicted molar refractivity (Wildman–Crippen MR) is 109 cm³/mol. The summed E-state index contributed by atoms with van der Waals surface area (Å²) in [6, 6.07) is -0.646. The molecule has 11 heteroatoms. The van der Waals surface area contributed by atoms with Gasteiger partial charge in [0.1, 0.15) is 6.10 Å². The first-order valence-electron chi connectivity index (χ1n) is 10.9. The quantitative estimate of drug-likeness (QED) is 0.662. The van der Waals surface area contributed by atoms with Gasteiger partial charge in [0.15, 0.2) is 24.0 Å². The van der Waals surface area contributed by atoms with Crippen LogP contribution in [0, 0.1) is 0 Å². The van der Waals surface area contributed by atoms with Crippen LogP contribution in [0.3, 0.4) is 0 Å². The first kappa shape index (κ1) is 21.8. The smallest absolute Gasteiger partial charge is 0.416 e. The summed E-state index contributed by atoms with van der Waals surface area (Å²) in [5.74, 6) is 0.311. The van der Waals surface area contributed by atoms with Crippen LogP contribution in [0.5, 0.6) is 0 Å². The number of amides is 1. The zero-order chi connectivity index (χ0) is 22.4. The fourth-order valence-electron chi connectivity index (χ4n) is 4.96. The molecule has 4 aliphatic rings. The summed E-state index contributed by atoms with van der Waals surface area (Å²) >= 11 is 0. The van der Waals surface area contributed by atoms with Crippen molar-refractivity contribution in [3.8, 4) is 0 Å². The Bertz CT molecular complexity index is 877. The van der Waals surface area contributed by atoms with Crippen molar-refractivity contribution in [3.63, 3.8) is 0 Å². The third-order valence-corrected chi connectivity index (χ3v) is 6.13. The second kappa shape index (κ2) is 8.71. The molecule has 0 aromatic carbocycles. The molecule has 1 aromatic heterocycles. The topological polar surface area (TPSA) is 95.7 Å². The highest BCUT2D eigenvalue weighted by molar-refractivity contribution is 5.91. The van der Waals surface area contributed by atoms with Crippen LogP contribution in [0.25, 0.3) is 6.08 Å². The van der Waals surface area contributed by atoms with E-state index in [0.717, 1.165) is 0 Å². The Morgan fingerprint density at radius 1 is 1.19 bits per heavy atom. The van der Waals surface area contributed by atoms with E-state index in [4.69, 9.17) is 28.2 Å². The molecular weight excluding hydrogens is 425 g/mol. The molecule has 5 rings (SSSR count). The fraction of sp³-hybridized carbons (Fsp3) is 0.714. The lowest BCUT2D eigenvalue weighted by Crippen LogP contribution is -2.53. The Balaban J connectivity index is 1.51. The van der Waals surface area contributed by atoms with Gasteiger partial charge in [-0.25, -0.2) is 9.18 Å². The van der Waals surface area contributed by atoms with Crippen LogP contribution in [0.4, 0.5) is 15.0 Å². The van der Waals surface area contributed by atoms with Gasteiger partial charge in [-0.1, -0.05) is 5.16 Å². The number of rotatable bonds is 5. The van der Waals surface area contributed by atoms with Gasteiger partial charge in [-0.3, -0.25) is 9.80 Å². The van der Waals surface area contributed by atoms with E-state index in [0.29, 0.717) is 37.4 Å². The van der Waals surface area contributed by atoms with Crippen LogP contribution in [0.1, 0.15) is 31.3 Å². The van der Waals surface area contributed by atoms with Gasteiger partial charge in [0.25, 0.3) is 0 Å². The molecule has 32 heavy (non-hydrogen) atoms. The second-order valence-electron chi connectivity index (χ2n) is 8.63. The number of cyclic esters (lactones) is 1. The molecule has 10 nitrogen and oxygen atoms in total. The molecule has 3 saturated heterocycles. The summed E-state index contributed by atoms with van der Waals surface area (Å²) < 4.78 is 49.3. The van der Waals surface area contributed by atoms with Crippen molar-refractivity contribution < 1.29 is 37.4 Å². The lowest BCUT2D eigenvalue weighted by Gasteiger charge is -2.43. The summed E-state index contributed by atoms with van der Waals surface area (Å²) in [6.07, 6.45) is -1.47. The molecule has 0 bridgehead atoms. The summed E-state index contributed by atoms with van der Waals surface area (Å²) in [4.78, 5) is 15.8. The van der Waals surface area contributed by atoms with Gasteiger partial charge in [0.2, 0.25) is 0 Å². The number of carbonyl (C=O) groups excluding carboxylic acids is 1. The van der Waals surface area contributed by atoms with Crippen LogP contribution >= 0.6 is 0 Å². The number of anilines is 1. The molecular formula is C21H28FN3O7. The number of carbonyl (C=O) groups is 1. The molecule has 0 N–H and O–H groups in total. The zero-order valence-electron chi connectivity index (χ0n) is 18.4. The normalized spacial score (nSPS) is 34.0. The summed E-state index contributed by atoms with van der Waals surface area (Å²) in [6.45, 7) is 6.43. The van der Waals surface area contributed by atoms with Gasteiger partial charge >= 0.3 is 6.09 Å². The van der Waals surface area contributed by atoms with E-state index < -0.39 is 30.7 Å². The van der Waals surface area contributed by atoms with Crippen LogP contribution in [0.2, 0.25) is 0 Å². The lowest BCUT2D eigenvalue weighted by atomic mass is 9.88. The molecule has 4 heterocycles. The SMILES string of the molecule is COCC1CN(c2noc3c2C=C(C2OCCO2)C(N2CC(C)OC(C)C2)C3F)C(=O)O1. The molecule has 1 amide bonds. The Morgan fingerprint density at radius 3 is 2.59 bits per heavy atom. The van der Waals surface area contributed by atoms with Crippen molar-refractivity contribution in [3.05, 3.63) is 16.9 Å².